The van der Waals surface area contributed by atoms with E-state index >= 15 is 0 Å². The van der Waals surface area contributed by atoms with E-state index in [0.29, 0.717) is 25.9 Å². The molecule has 0 bridgehead atoms. The van der Waals surface area contributed by atoms with Crippen LogP contribution < -0.4 is 11.1 Å². The fraction of sp³-hybridized carbons (Fsp3) is 0. The van der Waals surface area contributed by atoms with Crippen molar-refractivity contribution in [3.63, 3.8) is 0 Å². The SMILES string of the molecule is Nc1cc(Br)c(NC(=O)c2cccnc2)c(Br)c1. The Morgan fingerprint density at radius 2 is 1.94 bits per heavy atom. The van der Waals surface area contributed by atoms with Crippen LogP contribution in [-0.4, -0.2) is 10.9 Å². The molecule has 0 saturated carbocycles. The van der Waals surface area contributed by atoms with Gasteiger partial charge < -0.3 is 11.1 Å². The molecule has 0 aliphatic carbocycles. The van der Waals surface area contributed by atoms with E-state index in [-0.39, 0.29) is 5.91 Å². The van der Waals surface area contributed by atoms with Gasteiger partial charge in [-0.3, -0.25) is 9.78 Å². The van der Waals surface area contributed by atoms with Gasteiger partial charge in [0.15, 0.2) is 0 Å². The second kappa shape index (κ2) is 5.49. The number of carbonyl (C=O) groups excluding carboxylic acids is 1. The van der Waals surface area contributed by atoms with Crippen LogP contribution in [0.4, 0.5) is 11.4 Å². The summed E-state index contributed by atoms with van der Waals surface area (Å²) in [4.78, 5) is 15.9. The van der Waals surface area contributed by atoms with Gasteiger partial charge >= 0.3 is 0 Å². The van der Waals surface area contributed by atoms with Crippen LogP contribution in [0.15, 0.2) is 45.6 Å². The molecule has 0 atom stereocenters. The summed E-state index contributed by atoms with van der Waals surface area (Å²) in [6.07, 6.45) is 3.13. The molecule has 1 aromatic heterocycles. The van der Waals surface area contributed by atoms with Crippen molar-refractivity contribution in [1.82, 2.24) is 4.98 Å². The minimum absolute atomic E-state index is 0.228. The van der Waals surface area contributed by atoms with Crippen LogP contribution in [0.1, 0.15) is 10.4 Å². The third kappa shape index (κ3) is 2.88. The van der Waals surface area contributed by atoms with E-state index in [1.54, 1.807) is 30.5 Å². The number of nitrogens with zero attached hydrogens (tertiary/aromatic N) is 1. The van der Waals surface area contributed by atoms with Crippen molar-refractivity contribution in [1.29, 1.82) is 0 Å². The summed E-state index contributed by atoms with van der Waals surface area (Å²) in [6.45, 7) is 0. The second-order valence-electron chi connectivity index (χ2n) is 3.56. The summed E-state index contributed by atoms with van der Waals surface area (Å²) in [5.74, 6) is -0.228. The van der Waals surface area contributed by atoms with Gasteiger partial charge in [-0.15, -0.1) is 0 Å². The van der Waals surface area contributed by atoms with Crippen molar-refractivity contribution in [3.8, 4) is 0 Å². The molecule has 2 aromatic rings. The van der Waals surface area contributed by atoms with Gasteiger partial charge in [0.1, 0.15) is 0 Å². The second-order valence-corrected chi connectivity index (χ2v) is 5.26. The van der Waals surface area contributed by atoms with E-state index in [1.165, 1.54) is 6.20 Å². The van der Waals surface area contributed by atoms with E-state index in [0.717, 1.165) is 0 Å². The predicted octanol–water partition coefficient (Wildman–Crippen LogP) is 3.44. The summed E-state index contributed by atoms with van der Waals surface area (Å²) in [6, 6.07) is 6.86. The molecule has 6 heteroatoms. The Balaban J connectivity index is 2.28. The maximum Gasteiger partial charge on any atom is 0.257 e. The number of pyridine rings is 1. The maximum atomic E-state index is 12.0. The Morgan fingerprint density at radius 1 is 1.28 bits per heavy atom. The van der Waals surface area contributed by atoms with Crippen molar-refractivity contribution >= 4 is 49.1 Å². The molecule has 0 radical (unpaired) electrons. The summed E-state index contributed by atoms with van der Waals surface area (Å²) in [5.41, 5.74) is 7.42. The minimum atomic E-state index is -0.228. The van der Waals surface area contributed by atoms with Gasteiger partial charge in [-0.2, -0.15) is 0 Å². The lowest BCUT2D eigenvalue weighted by atomic mass is 10.2. The maximum absolute atomic E-state index is 12.0. The van der Waals surface area contributed by atoms with Crippen molar-refractivity contribution < 1.29 is 4.79 Å². The zero-order valence-corrected chi connectivity index (χ0v) is 12.3. The third-order valence-electron chi connectivity index (χ3n) is 2.23. The lowest BCUT2D eigenvalue weighted by Crippen LogP contribution is -2.13. The summed E-state index contributed by atoms with van der Waals surface area (Å²) < 4.78 is 1.43. The zero-order valence-electron chi connectivity index (χ0n) is 9.15. The van der Waals surface area contributed by atoms with Crippen molar-refractivity contribution in [3.05, 3.63) is 51.2 Å². The van der Waals surface area contributed by atoms with E-state index < -0.39 is 0 Å². The van der Waals surface area contributed by atoms with Crippen LogP contribution in [0.5, 0.6) is 0 Å². The lowest BCUT2D eigenvalue weighted by molar-refractivity contribution is 0.102. The summed E-state index contributed by atoms with van der Waals surface area (Å²) >= 11 is 6.72. The zero-order chi connectivity index (χ0) is 13.1. The van der Waals surface area contributed by atoms with Crippen molar-refractivity contribution in [2.45, 2.75) is 0 Å². The van der Waals surface area contributed by atoms with E-state index in [9.17, 15) is 4.79 Å². The molecule has 0 saturated heterocycles. The first-order valence-corrected chi connectivity index (χ1v) is 6.62. The molecule has 18 heavy (non-hydrogen) atoms. The number of aromatic nitrogens is 1. The van der Waals surface area contributed by atoms with Crippen LogP contribution in [0.3, 0.4) is 0 Å². The molecule has 4 nitrogen and oxygen atoms in total. The highest BCUT2D eigenvalue weighted by Gasteiger charge is 2.11. The molecule has 2 rings (SSSR count). The number of rotatable bonds is 2. The molecule has 0 aliphatic rings. The molecule has 0 unspecified atom stereocenters. The summed E-state index contributed by atoms with van der Waals surface area (Å²) in [5, 5.41) is 2.79. The minimum Gasteiger partial charge on any atom is -0.399 e. The number of carbonyl (C=O) groups is 1. The molecule has 1 aromatic carbocycles. The van der Waals surface area contributed by atoms with E-state index in [4.69, 9.17) is 5.73 Å². The highest BCUT2D eigenvalue weighted by Crippen LogP contribution is 2.33. The first-order valence-electron chi connectivity index (χ1n) is 5.04. The lowest BCUT2D eigenvalue weighted by Gasteiger charge is -2.10. The first kappa shape index (κ1) is 13.0. The van der Waals surface area contributed by atoms with Gasteiger partial charge in [0.2, 0.25) is 0 Å². The Hall–Kier alpha value is -1.40. The Labute approximate surface area is 121 Å². The third-order valence-corrected chi connectivity index (χ3v) is 3.48. The number of anilines is 2. The number of hydrogen-bond donors (Lipinski definition) is 2. The predicted molar refractivity (Wildman–Crippen MR) is 78.4 cm³/mol. The number of halogens is 2. The quantitative estimate of drug-likeness (QED) is 0.795. The largest absolute Gasteiger partial charge is 0.399 e. The van der Waals surface area contributed by atoms with Gasteiger partial charge in [-0.25, -0.2) is 0 Å². The molecule has 1 heterocycles. The van der Waals surface area contributed by atoms with Crippen molar-refractivity contribution in [2.75, 3.05) is 11.1 Å². The van der Waals surface area contributed by atoms with Crippen molar-refractivity contribution in [2.24, 2.45) is 0 Å². The smallest absolute Gasteiger partial charge is 0.257 e. The van der Waals surface area contributed by atoms with E-state index in [2.05, 4.69) is 42.2 Å². The van der Waals surface area contributed by atoms with Gasteiger partial charge in [0.25, 0.3) is 5.91 Å². The van der Waals surface area contributed by atoms with Crippen LogP contribution in [0.25, 0.3) is 0 Å². The Kier molecular flexibility index (Phi) is 3.98. The summed E-state index contributed by atoms with van der Waals surface area (Å²) in [7, 11) is 0. The van der Waals surface area contributed by atoms with Gasteiger partial charge in [-0.1, -0.05) is 0 Å². The van der Waals surface area contributed by atoms with Crippen LogP contribution in [0.2, 0.25) is 0 Å². The number of nitrogen functional groups attached to an aromatic ring is 1. The standard InChI is InChI=1S/C12H9Br2N3O/c13-9-4-8(15)5-10(14)11(9)17-12(18)7-2-1-3-16-6-7/h1-6H,15H2,(H,17,18). The van der Waals surface area contributed by atoms with Crippen LogP contribution in [-0.2, 0) is 0 Å². The molecular formula is C12H9Br2N3O. The topological polar surface area (TPSA) is 68.0 Å². The number of nitrogens with two attached hydrogens (primary N) is 1. The average Bonchev–Trinajstić information content (AvgIpc) is 2.34. The molecule has 1 amide bonds. The molecular weight excluding hydrogens is 362 g/mol. The Morgan fingerprint density at radius 3 is 2.50 bits per heavy atom. The van der Waals surface area contributed by atoms with Gasteiger partial charge in [0.05, 0.1) is 11.3 Å². The number of amides is 1. The normalized spacial score (nSPS) is 10.1. The molecule has 92 valence electrons. The highest BCUT2D eigenvalue weighted by atomic mass is 79.9. The Bertz CT molecular complexity index is 564. The van der Waals surface area contributed by atoms with Crippen LogP contribution in [0, 0.1) is 0 Å². The van der Waals surface area contributed by atoms with Gasteiger partial charge in [-0.05, 0) is 56.1 Å². The molecule has 3 N–H and O–H groups in total. The fourth-order valence-corrected chi connectivity index (χ4v) is 2.82. The molecule has 0 aliphatic heterocycles. The van der Waals surface area contributed by atoms with Gasteiger partial charge in [0, 0.05) is 27.0 Å². The van der Waals surface area contributed by atoms with Crippen LogP contribution >= 0.6 is 31.9 Å². The first-order chi connectivity index (χ1) is 8.58. The average molecular weight is 371 g/mol. The fourth-order valence-electron chi connectivity index (χ4n) is 1.39. The molecule has 0 spiro atoms. The number of benzene rings is 1. The molecule has 0 fully saturated rings. The highest BCUT2D eigenvalue weighted by molar-refractivity contribution is 9.11. The number of hydrogen-bond acceptors (Lipinski definition) is 3. The monoisotopic (exact) mass is 369 g/mol. The van der Waals surface area contributed by atoms with E-state index in [1.807, 2.05) is 0 Å². The number of nitrogens with one attached hydrogen (secondary N) is 1.